The summed E-state index contributed by atoms with van der Waals surface area (Å²) in [4.78, 5) is 21.0. The first-order valence-electron chi connectivity index (χ1n) is 9.14. The minimum atomic E-state index is -0.183. The fourth-order valence-electron chi connectivity index (χ4n) is 2.78. The van der Waals surface area contributed by atoms with Crippen molar-refractivity contribution in [3.05, 3.63) is 42.4 Å². The fourth-order valence-corrected chi connectivity index (χ4v) is 2.78. The van der Waals surface area contributed by atoms with Gasteiger partial charge in [-0.1, -0.05) is 12.1 Å². The van der Waals surface area contributed by atoms with Crippen molar-refractivity contribution >= 4 is 22.8 Å². The van der Waals surface area contributed by atoms with Crippen LogP contribution in [-0.2, 0) is 11.3 Å². The third kappa shape index (κ3) is 4.55. The van der Waals surface area contributed by atoms with Crippen LogP contribution in [0.2, 0.25) is 0 Å². The second kappa shape index (κ2) is 9.65. The van der Waals surface area contributed by atoms with Gasteiger partial charge in [0.2, 0.25) is 0 Å². The van der Waals surface area contributed by atoms with Crippen molar-refractivity contribution in [1.82, 2.24) is 25.1 Å². The van der Waals surface area contributed by atoms with E-state index in [-0.39, 0.29) is 5.91 Å². The van der Waals surface area contributed by atoms with E-state index in [0.29, 0.717) is 55.6 Å². The predicted octanol–water partition coefficient (Wildman–Crippen LogP) is 1.71. The topological polar surface area (TPSA) is 103 Å². The van der Waals surface area contributed by atoms with E-state index < -0.39 is 0 Å². The number of hydrogen-bond donors (Lipinski definition) is 2. The number of ether oxygens (including phenoxy) is 2. The number of carbonyl (C=O) groups is 1. The molecule has 0 spiro atoms. The molecule has 1 amide bonds. The molecule has 2 heterocycles. The number of anilines is 1. The van der Waals surface area contributed by atoms with Gasteiger partial charge in [-0.3, -0.25) is 4.79 Å². The van der Waals surface area contributed by atoms with Gasteiger partial charge in [-0.15, -0.1) is 0 Å². The largest absolute Gasteiger partial charge is 0.493 e. The Balaban J connectivity index is 1.63. The zero-order chi connectivity index (χ0) is 19.8. The second-order valence-corrected chi connectivity index (χ2v) is 5.93. The summed E-state index contributed by atoms with van der Waals surface area (Å²) >= 11 is 0. The van der Waals surface area contributed by atoms with E-state index >= 15 is 0 Å². The number of fused-ring (bicyclic) bond motifs is 1. The quantitative estimate of drug-likeness (QED) is 0.513. The van der Waals surface area contributed by atoms with E-state index in [4.69, 9.17) is 9.47 Å². The monoisotopic (exact) mass is 384 g/mol. The molecular formula is C19H24N6O3. The second-order valence-electron chi connectivity index (χ2n) is 5.93. The lowest BCUT2D eigenvalue weighted by Gasteiger charge is -2.10. The van der Waals surface area contributed by atoms with Crippen LogP contribution in [0.25, 0.3) is 11.0 Å². The Morgan fingerprint density at radius 1 is 1.21 bits per heavy atom. The van der Waals surface area contributed by atoms with Crippen molar-refractivity contribution in [2.45, 2.75) is 13.5 Å². The Morgan fingerprint density at radius 2 is 2.07 bits per heavy atom. The van der Waals surface area contributed by atoms with Gasteiger partial charge in [-0.25, -0.2) is 14.6 Å². The van der Waals surface area contributed by atoms with Crippen LogP contribution in [0, 0.1) is 0 Å². The number of amides is 1. The minimum absolute atomic E-state index is 0.183. The summed E-state index contributed by atoms with van der Waals surface area (Å²) in [5, 5.41) is 11.3. The Morgan fingerprint density at radius 3 is 2.89 bits per heavy atom. The van der Waals surface area contributed by atoms with Crippen molar-refractivity contribution in [3.8, 4) is 5.75 Å². The summed E-state index contributed by atoms with van der Waals surface area (Å²) in [6, 6.07) is 7.19. The molecule has 1 aromatic carbocycles. The molecular weight excluding hydrogens is 360 g/mol. The van der Waals surface area contributed by atoms with E-state index in [2.05, 4.69) is 25.7 Å². The van der Waals surface area contributed by atoms with Crippen LogP contribution in [0.4, 0.5) is 5.82 Å². The molecule has 9 nitrogen and oxygen atoms in total. The zero-order valence-electron chi connectivity index (χ0n) is 16.0. The first kappa shape index (κ1) is 19.6. The molecule has 148 valence electrons. The molecule has 0 fully saturated rings. The SMILES string of the molecule is CCOc1ccccc1C(=O)NCCn1ncc2c(NCCOC)ncnc21. The number of para-hydroxylation sites is 1. The summed E-state index contributed by atoms with van der Waals surface area (Å²) in [5.41, 5.74) is 1.22. The Kier molecular flexibility index (Phi) is 6.74. The Hall–Kier alpha value is -3.20. The van der Waals surface area contributed by atoms with Crippen LogP contribution in [-0.4, -0.2) is 59.1 Å². The Bertz CT molecular complexity index is 927. The molecule has 0 saturated carbocycles. The van der Waals surface area contributed by atoms with Crippen LogP contribution in [0.15, 0.2) is 36.8 Å². The van der Waals surface area contributed by atoms with Crippen LogP contribution in [0.5, 0.6) is 5.75 Å². The third-order valence-corrected chi connectivity index (χ3v) is 4.07. The summed E-state index contributed by atoms with van der Waals surface area (Å²) in [7, 11) is 1.65. The lowest BCUT2D eigenvalue weighted by atomic mass is 10.2. The molecule has 0 aliphatic carbocycles. The van der Waals surface area contributed by atoms with Gasteiger partial charge in [-0.2, -0.15) is 5.10 Å². The van der Waals surface area contributed by atoms with Crippen LogP contribution in [0.1, 0.15) is 17.3 Å². The molecule has 0 aliphatic heterocycles. The molecule has 3 aromatic rings. The molecule has 3 rings (SSSR count). The van der Waals surface area contributed by atoms with E-state index in [1.54, 1.807) is 30.1 Å². The van der Waals surface area contributed by atoms with Gasteiger partial charge < -0.3 is 20.1 Å². The van der Waals surface area contributed by atoms with Crippen molar-refractivity contribution in [2.24, 2.45) is 0 Å². The van der Waals surface area contributed by atoms with Gasteiger partial charge in [-0.05, 0) is 19.1 Å². The average molecular weight is 384 g/mol. The van der Waals surface area contributed by atoms with E-state index in [1.807, 2.05) is 19.1 Å². The highest BCUT2D eigenvalue weighted by Gasteiger charge is 2.13. The lowest BCUT2D eigenvalue weighted by molar-refractivity contribution is 0.0948. The van der Waals surface area contributed by atoms with Crippen LogP contribution >= 0.6 is 0 Å². The molecule has 0 atom stereocenters. The van der Waals surface area contributed by atoms with Gasteiger partial charge in [0, 0.05) is 20.2 Å². The molecule has 0 aliphatic rings. The molecule has 9 heteroatoms. The van der Waals surface area contributed by atoms with Crippen molar-refractivity contribution in [2.75, 3.05) is 38.7 Å². The highest BCUT2D eigenvalue weighted by molar-refractivity contribution is 5.96. The first-order valence-corrected chi connectivity index (χ1v) is 9.14. The smallest absolute Gasteiger partial charge is 0.255 e. The molecule has 0 bridgehead atoms. The van der Waals surface area contributed by atoms with Gasteiger partial charge in [0.25, 0.3) is 5.91 Å². The van der Waals surface area contributed by atoms with Crippen LogP contribution < -0.4 is 15.4 Å². The summed E-state index contributed by atoms with van der Waals surface area (Å²) in [5.74, 6) is 1.10. The maximum atomic E-state index is 12.5. The maximum absolute atomic E-state index is 12.5. The number of rotatable bonds is 10. The van der Waals surface area contributed by atoms with Crippen molar-refractivity contribution in [1.29, 1.82) is 0 Å². The van der Waals surface area contributed by atoms with E-state index in [9.17, 15) is 4.79 Å². The molecule has 0 saturated heterocycles. The summed E-state index contributed by atoms with van der Waals surface area (Å²) in [6.45, 7) is 4.51. The lowest BCUT2D eigenvalue weighted by Crippen LogP contribution is -2.28. The van der Waals surface area contributed by atoms with Gasteiger partial charge >= 0.3 is 0 Å². The van der Waals surface area contributed by atoms with Gasteiger partial charge in [0.15, 0.2) is 5.65 Å². The maximum Gasteiger partial charge on any atom is 0.255 e. The van der Waals surface area contributed by atoms with E-state index in [0.717, 1.165) is 5.39 Å². The number of nitrogens with one attached hydrogen (secondary N) is 2. The first-order chi connectivity index (χ1) is 13.7. The molecule has 0 radical (unpaired) electrons. The molecule has 2 N–H and O–H groups in total. The summed E-state index contributed by atoms with van der Waals surface area (Å²) in [6.07, 6.45) is 3.21. The highest BCUT2D eigenvalue weighted by Crippen LogP contribution is 2.19. The normalized spacial score (nSPS) is 10.8. The number of aromatic nitrogens is 4. The highest BCUT2D eigenvalue weighted by atomic mass is 16.5. The standard InChI is InChI=1S/C19H24N6O3/c1-3-28-16-7-5-4-6-14(16)19(26)21-8-10-25-18-15(12-24-25)17(22-13-23-18)20-9-11-27-2/h4-7,12-13H,3,8-11H2,1-2H3,(H,21,26)(H,20,22,23). The Labute approximate surface area is 163 Å². The van der Waals surface area contributed by atoms with Crippen molar-refractivity contribution in [3.63, 3.8) is 0 Å². The molecule has 28 heavy (non-hydrogen) atoms. The average Bonchev–Trinajstić information content (AvgIpc) is 3.13. The van der Waals surface area contributed by atoms with E-state index in [1.165, 1.54) is 6.33 Å². The molecule has 0 unspecified atom stereocenters. The fraction of sp³-hybridized carbons (Fsp3) is 0.368. The van der Waals surface area contributed by atoms with Crippen molar-refractivity contribution < 1.29 is 14.3 Å². The number of hydrogen-bond acceptors (Lipinski definition) is 7. The van der Waals surface area contributed by atoms with Gasteiger partial charge in [0.05, 0.1) is 36.9 Å². The number of benzene rings is 1. The molecule has 2 aromatic heterocycles. The summed E-state index contributed by atoms with van der Waals surface area (Å²) < 4.78 is 12.3. The van der Waals surface area contributed by atoms with Gasteiger partial charge in [0.1, 0.15) is 17.9 Å². The number of methoxy groups -OCH3 is 1. The minimum Gasteiger partial charge on any atom is -0.493 e. The zero-order valence-corrected chi connectivity index (χ0v) is 16.0. The predicted molar refractivity (Wildman–Crippen MR) is 106 cm³/mol. The van der Waals surface area contributed by atoms with Crippen LogP contribution in [0.3, 0.4) is 0 Å². The number of nitrogens with zero attached hydrogens (tertiary/aromatic N) is 4. The number of carbonyl (C=O) groups excluding carboxylic acids is 1. The third-order valence-electron chi connectivity index (χ3n) is 4.07.